The summed E-state index contributed by atoms with van der Waals surface area (Å²) in [5.74, 6) is 0.116. The molecular weight excluding hydrogens is 306 g/mol. The second-order valence-electron chi connectivity index (χ2n) is 7.05. The smallest absolute Gasteiger partial charge is 0.408 e. The Kier molecular flexibility index (Phi) is 6.23. The lowest BCUT2D eigenvalue weighted by Crippen LogP contribution is -2.52. The third kappa shape index (κ3) is 4.49. The SMILES string of the molecule is CC(C)C1CCC(N(C(=O)O)C(Cc2ccccc2)C(=O)O)CC1. The molecule has 5 heteroatoms. The summed E-state index contributed by atoms with van der Waals surface area (Å²) < 4.78 is 0. The van der Waals surface area contributed by atoms with Crippen LogP contribution in [0.3, 0.4) is 0 Å². The first-order valence-corrected chi connectivity index (χ1v) is 8.68. The van der Waals surface area contributed by atoms with E-state index in [0.717, 1.165) is 31.2 Å². The minimum Gasteiger partial charge on any atom is -0.480 e. The van der Waals surface area contributed by atoms with Gasteiger partial charge in [0, 0.05) is 12.5 Å². The van der Waals surface area contributed by atoms with Gasteiger partial charge < -0.3 is 10.2 Å². The number of carboxylic acids is 1. The van der Waals surface area contributed by atoms with Crippen molar-refractivity contribution in [3.63, 3.8) is 0 Å². The Morgan fingerprint density at radius 2 is 1.67 bits per heavy atom. The Labute approximate surface area is 143 Å². The molecule has 1 aromatic carbocycles. The van der Waals surface area contributed by atoms with E-state index >= 15 is 0 Å². The maximum absolute atomic E-state index is 11.8. The number of amides is 1. The highest BCUT2D eigenvalue weighted by atomic mass is 16.4. The topological polar surface area (TPSA) is 77.8 Å². The van der Waals surface area contributed by atoms with Crippen molar-refractivity contribution < 1.29 is 19.8 Å². The van der Waals surface area contributed by atoms with Gasteiger partial charge in [-0.15, -0.1) is 0 Å². The van der Waals surface area contributed by atoms with Gasteiger partial charge in [0.2, 0.25) is 0 Å². The minimum atomic E-state index is -1.13. The number of carboxylic acid groups (broad SMARTS) is 2. The van der Waals surface area contributed by atoms with Crippen molar-refractivity contribution in [2.24, 2.45) is 11.8 Å². The van der Waals surface area contributed by atoms with E-state index in [1.807, 2.05) is 30.3 Å². The molecular formula is C19H27NO4. The van der Waals surface area contributed by atoms with Crippen molar-refractivity contribution in [2.45, 2.75) is 58.0 Å². The van der Waals surface area contributed by atoms with Gasteiger partial charge in [-0.1, -0.05) is 44.2 Å². The molecule has 0 spiro atoms. The third-order valence-corrected chi connectivity index (χ3v) is 5.19. The molecule has 0 radical (unpaired) electrons. The summed E-state index contributed by atoms with van der Waals surface area (Å²) in [7, 11) is 0. The first-order chi connectivity index (χ1) is 11.4. The normalized spacial score (nSPS) is 22.1. The first kappa shape index (κ1) is 18.3. The predicted molar refractivity (Wildman–Crippen MR) is 92.0 cm³/mol. The van der Waals surface area contributed by atoms with Crippen LogP contribution in [0.2, 0.25) is 0 Å². The lowest BCUT2D eigenvalue weighted by molar-refractivity contribution is -0.143. The second-order valence-corrected chi connectivity index (χ2v) is 7.05. The van der Waals surface area contributed by atoms with Crippen LogP contribution >= 0.6 is 0 Å². The van der Waals surface area contributed by atoms with Crippen LogP contribution in [0.1, 0.15) is 45.1 Å². The number of rotatable bonds is 6. The van der Waals surface area contributed by atoms with Crippen molar-refractivity contribution >= 4 is 12.1 Å². The van der Waals surface area contributed by atoms with Crippen LogP contribution in [0.4, 0.5) is 4.79 Å². The quantitative estimate of drug-likeness (QED) is 0.828. The number of nitrogens with zero attached hydrogens (tertiary/aromatic N) is 1. The monoisotopic (exact) mass is 333 g/mol. The zero-order valence-electron chi connectivity index (χ0n) is 14.4. The molecule has 1 aliphatic rings. The van der Waals surface area contributed by atoms with E-state index in [1.165, 1.54) is 4.90 Å². The van der Waals surface area contributed by atoms with Gasteiger partial charge in [-0.25, -0.2) is 9.59 Å². The molecule has 1 aliphatic carbocycles. The van der Waals surface area contributed by atoms with Crippen molar-refractivity contribution in [2.75, 3.05) is 0 Å². The van der Waals surface area contributed by atoms with E-state index in [4.69, 9.17) is 0 Å². The summed E-state index contributed by atoms with van der Waals surface area (Å²) in [4.78, 5) is 24.8. The van der Waals surface area contributed by atoms with E-state index in [0.29, 0.717) is 11.8 Å². The van der Waals surface area contributed by atoms with Crippen molar-refractivity contribution in [3.8, 4) is 0 Å². The summed E-state index contributed by atoms with van der Waals surface area (Å²) in [6.07, 6.45) is 2.48. The highest BCUT2D eigenvalue weighted by Crippen LogP contribution is 2.33. The molecule has 1 atom stereocenters. The van der Waals surface area contributed by atoms with Gasteiger partial charge in [-0.05, 0) is 43.1 Å². The van der Waals surface area contributed by atoms with E-state index < -0.39 is 18.1 Å². The summed E-state index contributed by atoms with van der Waals surface area (Å²) in [5, 5.41) is 19.3. The summed E-state index contributed by atoms with van der Waals surface area (Å²) in [6.45, 7) is 4.38. The van der Waals surface area contributed by atoms with Gasteiger partial charge in [0.15, 0.2) is 0 Å². The fraction of sp³-hybridized carbons (Fsp3) is 0.579. The molecule has 2 N–H and O–H groups in total. The molecule has 1 saturated carbocycles. The molecule has 24 heavy (non-hydrogen) atoms. The molecule has 5 nitrogen and oxygen atoms in total. The largest absolute Gasteiger partial charge is 0.480 e. The molecule has 1 aromatic rings. The van der Waals surface area contributed by atoms with Gasteiger partial charge in [-0.2, -0.15) is 0 Å². The van der Waals surface area contributed by atoms with Crippen LogP contribution < -0.4 is 0 Å². The maximum atomic E-state index is 11.8. The molecule has 132 valence electrons. The molecule has 1 unspecified atom stereocenters. The van der Waals surface area contributed by atoms with Crippen LogP contribution in [-0.2, 0) is 11.2 Å². The molecule has 0 bridgehead atoms. The minimum absolute atomic E-state index is 0.201. The van der Waals surface area contributed by atoms with Gasteiger partial charge in [-0.3, -0.25) is 4.90 Å². The van der Waals surface area contributed by atoms with E-state index in [1.54, 1.807) is 0 Å². The van der Waals surface area contributed by atoms with Crippen LogP contribution in [0.15, 0.2) is 30.3 Å². The summed E-state index contributed by atoms with van der Waals surface area (Å²) >= 11 is 0. The van der Waals surface area contributed by atoms with Crippen LogP contribution in [0.5, 0.6) is 0 Å². The average molecular weight is 333 g/mol. The zero-order chi connectivity index (χ0) is 17.7. The molecule has 0 aliphatic heterocycles. The number of hydrogen-bond acceptors (Lipinski definition) is 2. The number of aliphatic carboxylic acids is 1. The fourth-order valence-corrected chi connectivity index (χ4v) is 3.73. The third-order valence-electron chi connectivity index (χ3n) is 5.19. The van der Waals surface area contributed by atoms with Crippen molar-refractivity contribution in [1.82, 2.24) is 4.90 Å². The number of carbonyl (C=O) groups is 2. The maximum Gasteiger partial charge on any atom is 0.408 e. The Morgan fingerprint density at radius 3 is 2.12 bits per heavy atom. The molecule has 2 rings (SSSR count). The Bertz CT molecular complexity index is 550. The van der Waals surface area contributed by atoms with E-state index in [-0.39, 0.29) is 12.5 Å². The summed E-state index contributed by atoms with van der Waals surface area (Å²) in [5.41, 5.74) is 0.840. The summed E-state index contributed by atoms with van der Waals surface area (Å²) in [6, 6.07) is 7.98. The standard InChI is InChI=1S/C19H27NO4/c1-13(2)15-8-10-16(11-9-15)20(19(23)24)17(18(21)22)12-14-6-4-3-5-7-14/h3-7,13,15-17H,8-12H2,1-2H3,(H,21,22)(H,23,24). The highest BCUT2D eigenvalue weighted by molar-refractivity contribution is 5.80. The molecule has 1 amide bonds. The zero-order valence-corrected chi connectivity index (χ0v) is 14.4. The number of benzene rings is 1. The Balaban J connectivity index is 2.14. The Morgan fingerprint density at radius 1 is 1.08 bits per heavy atom. The van der Waals surface area contributed by atoms with Gasteiger partial charge >= 0.3 is 12.1 Å². The molecule has 0 saturated heterocycles. The lowest BCUT2D eigenvalue weighted by atomic mass is 9.79. The van der Waals surface area contributed by atoms with E-state index in [9.17, 15) is 19.8 Å². The van der Waals surface area contributed by atoms with Crippen molar-refractivity contribution in [1.29, 1.82) is 0 Å². The van der Waals surface area contributed by atoms with Gasteiger partial charge in [0.25, 0.3) is 0 Å². The average Bonchev–Trinajstić information content (AvgIpc) is 2.55. The van der Waals surface area contributed by atoms with Gasteiger partial charge in [0.05, 0.1) is 0 Å². The molecule has 0 aromatic heterocycles. The Hall–Kier alpha value is -2.04. The van der Waals surface area contributed by atoms with Crippen LogP contribution in [0.25, 0.3) is 0 Å². The lowest BCUT2D eigenvalue weighted by Gasteiger charge is -2.39. The molecule has 0 heterocycles. The van der Waals surface area contributed by atoms with Crippen LogP contribution in [-0.4, -0.2) is 39.3 Å². The fourth-order valence-electron chi connectivity index (χ4n) is 3.73. The van der Waals surface area contributed by atoms with Crippen LogP contribution in [0, 0.1) is 11.8 Å². The predicted octanol–water partition coefficient (Wildman–Crippen LogP) is 3.88. The first-order valence-electron chi connectivity index (χ1n) is 8.68. The second kappa shape index (κ2) is 8.18. The van der Waals surface area contributed by atoms with Gasteiger partial charge in [0.1, 0.15) is 6.04 Å². The highest BCUT2D eigenvalue weighted by Gasteiger charge is 2.37. The van der Waals surface area contributed by atoms with E-state index in [2.05, 4.69) is 13.8 Å². The van der Waals surface area contributed by atoms with Crippen molar-refractivity contribution in [3.05, 3.63) is 35.9 Å². The molecule has 1 fully saturated rings. The number of hydrogen-bond donors (Lipinski definition) is 2.